The fourth-order valence-electron chi connectivity index (χ4n) is 4.36. The van der Waals surface area contributed by atoms with E-state index in [2.05, 4.69) is 28.7 Å². The molecular formula is C25H25ClN4O2. The SMILES string of the molecule is Cc1c(-c2nc3ccccc3[nH]2)c(NC(=O)c2ccc(Cl)cc2)n(CC2CCCO2)c1C. The molecule has 4 aromatic rings. The monoisotopic (exact) mass is 448 g/mol. The average Bonchev–Trinajstić information content (AvgIpc) is 3.50. The molecule has 0 saturated carbocycles. The van der Waals surface area contributed by atoms with Crippen molar-refractivity contribution in [3.05, 3.63) is 70.4 Å². The Balaban J connectivity index is 1.61. The number of carbonyl (C=O) groups excluding carboxylic acids is 1. The van der Waals surface area contributed by atoms with E-state index < -0.39 is 0 Å². The van der Waals surface area contributed by atoms with Crippen LogP contribution in [-0.2, 0) is 11.3 Å². The van der Waals surface area contributed by atoms with Crippen LogP contribution < -0.4 is 5.32 Å². The number of anilines is 1. The molecule has 0 bridgehead atoms. The molecule has 32 heavy (non-hydrogen) atoms. The minimum absolute atomic E-state index is 0.134. The lowest BCUT2D eigenvalue weighted by molar-refractivity contribution is 0.0962. The number of hydrogen-bond acceptors (Lipinski definition) is 3. The minimum atomic E-state index is -0.190. The first kappa shape index (κ1) is 20.8. The molecule has 3 heterocycles. The lowest BCUT2D eigenvalue weighted by Crippen LogP contribution is -2.21. The Morgan fingerprint density at radius 3 is 2.72 bits per heavy atom. The normalized spacial score (nSPS) is 16.0. The molecule has 1 fully saturated rings. The van der Waals surface area contributed by atoms with Crippen molar-refractivity contribution >= 4 is 34.4 Å². The molecule has 1 saturated heterocycles. The van der Waals surface area contributed by atoms with E-state index in [1.807, 2.05) is 24.3 Å². The van der Waals surface area contributed by atoms with Crippen molar-refractivity contribution in [2.75, 3.05) is 11.9 Å². The number of para-hydroxylation sites is 2. The van der Waals surface area contributed by atoms with Gasteiger partial charge in [0.05, 0.1) is 29.2 Å². The molecule has 0 aliphatic carbocycles. The number of fused-ring (bicyclic) bond motifs is 1. The highest BCUT2D eigenvalue weighted by molar-refractivity contribution is 6.30. The van der Waals surface area contributed by atoms with Crippen molar-refractivity contribution in [3.63, 3.8) is 0 Å². The summed E-state index contributed by atoms with van der Waals surface area (Å²) in [5, 5.41) is 3.75. The van der Waals surface area contributed by atoms with Crippen molar-refractivity contribution in [1.29, 1.82) is 0 Å². The second kappa shape index (κ2) is 8.45. The Bertz CT molecular complexity index is 1250. The number of amides is 1. The van der Waals surface area contributed by atoms with Crippen LogP contribution in [0, 0.1) is 13.8 Å². The van der Waals surface area contributed by atoms with E-state index in [-0.39, 0.29) is 12.0 Å². The van der Waals surface area contributed by atoms with Gasteiger partial charge in [0.25, 0.3) is 5.91 Å². The number of nitrogens with one attached hydrogen (secondary N) is 2. The number of hydrogen-bond donors (Lipinski definition) is 2. The number of aromatic nitrogens is 3. The first-order valence-corrected chi connectivity index (χ1v) is 11.2. The zero-order chi connectivity index (χ0) is 22.2. The maximum Gasteiger partial charge on any atom is 0.256 e. The molecule has 1 unspecified atom stereocenters. The Kier molecular flexibility index (Phi) is 5.49. The predicted molar refractivity (Wildman–Crippen MR) is 127 cm³/mol. The summed E-state index contributed by atoms with van der Waals surface area (Å²) in [5.74, 6) is 1.28. The highest BCUT2D eigenvalue weighted by Crippen LogP contribution is 2.37. The van der Waals surface area contributed by atoms with Crippen LogP contribution in [0.4, 0.5) is 5.82 Å². The summed E-state index contributed by atoms with van der Waals surface area (Å²) in [5.41, 5.74) is 5.46. The predicted octanol–water partition coefficient (Wildman–Crippen LogP) is 5.73. The molecule has 6 nitrogen and oxygen atoms in total. The van der Waals surface area contributed by atoms with Gasteiger partial charge in [-0.1, -0.05) is 23.7 Å². The smallest absolute Gasteiger partial charge is 0.256 e. The molecule has 164 valence electrons. The second-order valence-electron chi connectivity index (χ2n) is 8.24. The maximum absolute atomic E-state index is 13.2. The Morgan fingerprint density at radius 2 is 2.00 bits per heavy atom. The number of imidazole rings is 1. The van der Waals surface area contributed by atoms with Crippen molar-refractivity contribution in [2.24, 2.45) is 0 Å². The van der Waals surface area contributed by atoms with Crippen LogP contribution in [0.2, 0.25) is 5.02 Å². The van der Waals surface area contributed by atoms with Gasteiger partial charge in [-0.3, -0.25) is 4.79 Å². The number of halogens is 1. The molecule has 1 atom stereocenters. The molecule has 2 aromatic carbocycles. The summed E-state index contributed by atoms with van der Waals surface area (Å²) >= 11 is 6.00. The topological polar surface area (TPSA) is 71.9 Å². The van der Waals surface area contributed by atoms with E-state index in [1.165, 1.54) is 0 Å². The molecule has 1 amide bonds. The number of carbonyl (C=O) groups is 1. The van der Waals surface area contributed by atoms with Crippen LogP contribution in [0.15, 0.2) is 48.5 Å². The molecule has 2 N–H and O–H groups in total. The van der Waals surface area contributed by atoms with Crippen molar-refractivity contribution < 1.29 is 9.53 Å². The Labute approximate surface area is 191 Å². The van der Waals surface area contributed by atoms with Gasteiger partial charge in [-0.2, -0.15) is 0 Å². The number of ether oxygens (including phenoxy) is 1. The van der Waals surface area contributed by atoms with Gasteiger partial charge in [-0.25, -0.2) is 4.98 Å². The number of rotatable bonds is 5. The molecule has 0 radical (unpaired) electrons. The van der Waals surface area contributed by atoms with E-state index in [0.717, 1.165) is 58.9 Å². The third-order valence-corrected chi connectivity index (χ3v) is 6.46. The highest BCUT2D eigenvalue weighted by Gasteiger charge is 2.26. The quantitative estimate of drug-likeness (QED) is 0.409. The van der Waals surface area contributed by atoms with Crippen LogP contribution in [0.3, 0.4) is 0 Å². The minimum Gasteiger partial charge on any atom is -0.376 e. The largest absolute Gasteiger partial charge is 0.376 e. The summed E-state index contributed by atoms with van der Waals surface area (Å²) in [7, 11) is 0. The third kappa shape index (κ3) is 3.80. The van der Waals surface area contributed by atoms with Gasteiger partial charge in [0.1, 0.15) is 11.6 Å². The van der Waals surface area contributed by atoms with Gasteiger partial charge in [0, 0.05) is 22.9 Å². The standard InChI is InChI=1S/C25H25ClN4O2/c1-15-16(2)30(14-19-6-5-13-32-19)24(29-25(31)17-9-11-18(26)12-10-17)22(15)23-27-20-7-3-4-8-21(20)28-23/h3-4,7-12,19H,5-6,13-14H2,1-2H3,(H,27,28)(H,29,31). The van der Waals surface area contributed by atoms with E-state index >= 15 is 0 Å². The van der Waals surface area contributed by atoms with Crippen LogP contribution >= 0.6 is 11.6 Å². The van der Waals surface area contributed by atoms with E-state index in [0.29, 0.717) is 17.1 Å². The van der Waals surface area contributed by atoms with Crippen LogP contribution in [0.1, 0.15) is 34.5 Å². The number of H-pyrrole nitrogens is 1. The van der Waals surface area contributed by atoms with Crippen LogP contribution in [0.5, 0.6) is 0 Å². The number of benzene rings is 2. The zero-order valence-electron chi connectivity index (χ0n) is 18.1. The van der Waals surface area contributed by atoms with Crippen molar-refractivity contribution in [1.82, 2.24) is 14.5 Å². The van der Waals surface area contributed by atoms with E-state index in [4.69, 9.17) is 21.3 Å². The maximum atomic E-state index is 13.2. The highest BCUT2D eigenvalue weighted by atomic mass is 35.5. The summed E-state index contributed by atoms with van der Waals surface area (Å²) in [6.07, 6.45) is 2.21. The van der Waals surface area contributed by atoms with Gasteiger partial charge in [-0.05, 0) is 68.7 Å². The molecule has 0 spiro atoms. The van der Waals surface area contributed by atoms with Crippen LogP contribution in [-0.4, -0.2) is 33.2 Å². The zero-order valence-corrected chi connectivity index (χ0v) is 18.9. The summed E-state index contributed by atoms with van der Waals surface area (Å²) in [6.45, 7) is 5.62. The molecule has 2 aromatic heterocycles. The molecule has 1 aliphatic heterocycles. The lowest BCUT2D eigenvalue weighted by Gasteiger charge is -2.17. The fourth-order valence-corrected chi connectivity index (χ4v) is 4.48. The fraction of sp³-hybridized carbons (Fsp3) is 0.280. The van der Waals surface area contributed by atoms with Crippen molar-refractivity contribution in [3.8, 4) is 11.4 Å². The Hall–Kier alpha value is -3.09. The van der Waals surface area contributed by atoms with E-state index in [9.17, 15) is 4.79 Å². The first-order chi connectivity index (χ1) is 15.5. The van der Waals surface area contributed by atoms with Gasteiger partial charge >= 0.3 is 0 Å². The molecule has 7 heteroatoms. The Morgan fingerprint density at radius 1 is 1.22 bits per heavy atom. The van der Waals surface area contributed by atoms with Gasteiger partial charge in [-0.15, -0.1) is 0 Å². The number of nitrogens with zero attached hydrogens (tertiary/aromatic N) is 2. The first-order valence-electron chi connectivity index (χ1n) is 10.8. The summed E-state index contributed by atoms with van der Waals surface area (Å²) in [4.78, 5) is 21.4. The molecule has 5 rings (SSSR count). The van der Waals surface area contributed by atoms with Gasteiger partial charge in [0.15, 0.2) is 0 Å². The molecular weight excluding hydrogens is 424 g/mol. The lowest BCUT2D eigenvalue weighted by atomic mass is 10.1. The number of aromatic amines is 1. The van der Waals surface area contributed by atoms with Gasteiger partial charge in [0.2, 0.25) is 0 Å². The van der Waals surface area contributed by atoms with Gasteiger partial charge < -0.3 is 19.6 Å². The average molecular weight is 449 g/mol. The summed E-state index contributed by atoms with van der Waals surface area (Å²) in [6, 6.07) is 14.8. The second-order valence-corrected chi connectivity index (χ2v) is 8.68. The van der Waals surface area contributed by atoms with Crippen LogP contribution in [0.25, 0.3) is 22.4 Å². The summed E-state index contributed by atoms with van der Waals surface area (Å²) < 4.78 is 8.06. The third-order valence-electron chi connectivity index (χ3n) is 6.20. The van der Waals surface area contributed by atoms with Crippen molar-refractivity contribution in [2.45, 2.75) is 39.3 Å². The molecule has 1 aliphatic rings. The van der Waals surface area contributed by atoms with E-state index in [1.54, 1.807) is 24.3 Å².